The molecule has 0 spiro atoms. The number of hydrogen-bond acceptors (Lipinski definition) is 3. The molecule has 0 fully saturated rings. The quantitative estimate of drug-likeness (QED) is 0.735. The van der Waals surface area contributed by atoms with E-state index in [0.717, 1.165) is 12.1 Å². The average Bonchev–Trinajstić information content (AvgIpc) is 2.28. The van der Waals surface area contributed by atoms with Crippen LogP contribution in [0.1, 0.15) is 30.6 Å². The molecule has 3 heteroatoms. The summed E-state index contributed by atoms with van der Waals surface area (Å²) in [6.45, 7) is 4.71. The Morgan fingerprint density at radius 3 is 2.65 bits per heavy atom. The molecule has 1 aromatic carbocycles. The summed E-state index contributed by atoms with van der Waals surface area (Å²) in [6.07, 6.45) is 0.902. The van der Waals surface area contributed by atoms with E-state index in [9.17, 15) is 4.79 Å². The van der Waals surface area contributed by atoms with Crippen molar-refractivity contribution in [3.63, 3.8) is 0 Å². The van der Waals surface area contributed by atoms with Gasteiger partial charge in [0.2, 0.25) is 0 Å². The van der Waals surface area contributed by atoms with E-state index in [1.165, 1.54) is 0 Å². The van der Waals surface area contributed by atoms with Crippen LogP contribution in [0.15, 0.2) is 24.3 Å². The third-order valence-electron chi connectivity index (χ3n) is 2.53. The minimum Gasteiger partial charge on any atom is -0.462 e. The van der Waals surface area contributed by atoms with Gasteiger partial charge in [-0.25, -0.2) is 4.79 Å². The highest BCUT2D eigenvalue weighted by Crippen LogP contribution is 2.14. The van der Waals surface area contributed by atoms with E-state index in [0.29, 0.717) is 18.1 Å². The second-order valence-corrected chi connectivity index (χ2v) is 4.76. The predicted octanol–water partition coefficient (Wildman–Crippen LogP) is 2.96. The maximum atomic E-state index is 11.8. The minimum absolute atomic E-state index is 0.241. The predicted molar refractivity (Wildman–Crippen MR) is 70.5 cm³/mol. The molecule has 0 radical (unpaired) electrons. The maximum Gasteiger partial charge on any atom is 0.338 e. The van der Waals surface area contributed by atoms with Crippen molar-refractivity contribution in [1.29, 1.82) is 0 Å². The lowest BCUT2D eigenvalue weighted by Crippen LogP contribution is -2.11. The van der Waals surface area contributed by atoms with Crippen molar-refractivity contribution in [2.75, 3.05) is 25.6 Å². The summed E-state index contributed by atoms with van der Waals surface area (Å²) < 4.78 is 5.22. The molecule has 0 bridgehead atoms. The molecule has 0 heterocycles. The summed E-state index contributed by atoms with van der Waals surface area (Å²) in [6, 6.07) is 7.46. The van der Waals surface area contributed by atoms with Crippen LogP contribution in [0.3, 0.4) is 0 Å². The fourth-order valence-corrected chi connectivity index (χ4v) is 1.38. The highest BCUT2D eigenvalue weighted by molar-refractivity contribution is 5.90. The Morgan fingerprint density at radius 1 is 1.35 bits per heavy atom. The van der Waals surface area contributed by atoms with Gasteiger partial charge in [0, 0.05) is 19.8 Å². The molecule has 0 aromatic heterocycles. The molecule has 0 aliphatic heterocycles. The van der Waals surface area contributed by atoms with E-state index in [1.54, 1.807) is 6.07 Å². The van der Waals surface area contributed by atoms with Gasteiger partial charge in [0.05, 0.1) is 12.2 Å². The summed E-state index contributed by atoms with van der Waals surface area (Å²) in [7, 11) is 3.90. The fraction of sp³-hybridized carbons (Fsp3) is 0.500. The zero-order valence-electron chi connectivity index (χ0n) is 11.1. The number of anilines is 1. The Labute approximate surface area is 103 Å². The molecule has 0 unspecified atom stereocenters. The molecule has 0 saturated heterocycles. The minimum atomic E-state index is -0.241. The number of nitrogens with zero attached hydrogens (tertiary/aromatic N) is 1. The van der Waals surface area contributed by atoms with Crippen molar-refractivity contribution in [2.45, 2.75) is 20.3 Å². The lowest BCUT2D eigenvalue weighted by atomic mass is 10.1. The van der Waals surface area contributed by atoms with Gasteiger partial charge in [-0.2, -0.15) is 0 Å². The van der Waals surface area contributed by atoms with Crippen molar-refractivity contribution in [3.8, 4) is 0 Å². The van der Waals surface area contributed by atoms with Gasteiger partial charge in [0.1, 0.15) is 0 Å². The van der Waals surface area contributed by atoms with Crippen molar-refractivity contribution in [3.05, 3.63) is 29.8 Å². The lowest BCUT2D eigenvalue weighted by Gasteiger charge is -2.13. The number of esters is 1. The summed E-state index contributed by atoms with van der Waals surface area (Å²) >= 11 is 0. The molecule has 0 atom stereocenters. The van der Waals surface area contributed by atoms with E-state index in [2.05, 4.69) is 13.8 Å². The molecule has 1 aromatic rings. The van der Waals surface area contributed by atoms with Gasteiger partial charge in [0.25, 0.3) is 0 Å². The Morgan fingerprint density at radius 2 is 2.06 bits per heavy atom. The molecule has 17 heavy (non-hydrogen) atoms. The highest BCUT2D eigenvalue weighted by Gasteiger charge is 2.08. The van der Waals surface area contributed by atoms with Crippen molar-refractivity contribution < 1.29 is 9.53 Å². The van der Waals surface area contributed by atoms with Crippen LogP contribution in [-0.4, -0.2) is 26.7 Å². The second-order valence-electron chi connectivity index (χ2n) is 4.76. The molecule has 94 valence electrons. The molecule has 0 amide bonds. The monoisotopic (exact) mass is 235 g/mol. The van der Waals surface area contributed by atoms with Crippen LogP contribution >= 0.6 is 0 Å². The number of rotatable bonds is 5. The first-order valence-corrected chi connectivity index (χ1v) is 5.95. The summed E-state index contributed by atoms with van der Waals surface area (Å²) in [4.78, 5) is 13.7. The Balaban J connectivity index is 2.59. The second kappa shape index (κ2) is 6.28. The standard InChI is InChI=1S/C14H21NO2/c1-11(2)8-9-17-14(16)12-6-5-7-13(10-12)15(3)4/h5-7,10-11H,8-9H2,1-4H3. The summed E-state index contributed by atoms with van der Waals surface area (Å²) in [5, 5.41) is 0. The molecule has 3 nitrogen and oxygen atoms in total. The molecular weight excluding hydrogens is 214 g/mol. The van der Waals surface area contributed by atoms with Gasteiger partial charge >= 0.3 is 5.97 Å². The van der Waals surface area contributed by atoms with Gasteiger partial charge in [0.15, 0.2) is 0 Å². The average molecular weight is 235 g/mol. The van der Waals surface area contributed by atoms with Crippen LogP contribution in [0.4, 0.5) is 5.69 Å². The molecule has 0 aliphatic rings. The van der Waals surface area contributed by atoms with Crippen molar-refractivity contribution in [1.82, 2.24) is 0 Å². The third-order valence-corrected chi connectivity index (χ3v) is 2.53. The lowest BCUT2D eigenvalue weighted by molar-refractivity contribution is 0.0488. The summed E-state index contributed by atoms with van der Waals surface area (Å²) in [5.41, 5.74) is 1.61. The highest BCUT2D eigenvalue weighted by atomic mass is 16.5. The smallest absolute Gasteiger partial charge is 0.338 e. The molecule has 0 aliphatic carbocycles. The fourth-order valence-electron chi connectivity index (χ4n) is 1.38. The molecule has 0 N–H and O–H groups in total. The Kier molecular flexibility index (Phi) is 5.01. The van der Waals surface area contributed by atoms with Gasteiger partial charge in [-0.3, -0.25) is 0 Å². The van der Waals surface area contributed by atoms with Gasteiger partial charge in [-0.1, -0.05) is 19.9 Å². The van der Waals surface area contributed by atoms with Crippen LogP contribution in [0.25, 0.3) is 0 Å². The number of carbonyl (C=O) groups is 1. The van der Waals surface area contributed by atoms with Crippen molar-refractivity contribution in [2.24, 2.45) is 5.92 Å². The van der Waals surface area contributed by atoms with E-state index >= 15 is 0 Å². The van der Waals surface area contributed by atoms with Crippen LogP contribution in [-0.2, 0) is 4.74 Å². The van der Waals surface area contributed by atoms with Gasteiger partial charge < -0.3 is 9.64 Å². The van der Waals surface area contributed by atoms with Crippen LogP contribution in [0.2, 0.25) is 0 Å². The summed E-state index contributed by atoms with van der Waals surface area (Å²) in [5.74, 6) is 0.310. The number of carbonyl (C=O) groups excluding carboxylic acids is 1. The first-order chi connectivity index (χ1) is 8.00. The largest absolute Gasteiger partial charge is 0.462 e. The third kappa shape index (κ3) is 4.47. The number of hydrogen-bond donors (Lipinski definition) is 0. The zero-order valence-corrected chi connectivity index (χ0v) is 11.1. The van der Waals surface area contributed by atoms with Crippen LogP contribution in [0, 0.1) is 5.92 Å². The number of benzene rings is 1. The topological polar surface area (TPSA) is 29.5 Å². The molecule has 0 saturated carbocycles. The van der Waals surface area contributed by atoms with E-state index in [4.69, 9.17) is 4.74 Å². The van der Waals surface area contributed by atoms with Crippen LogP contribution in [0.5, 0.6) is 0 Å². The Bertz CT molecular complexity index is 372. The van der Waals surface area contributed by atoms with E-state index in [-0.39, 0.29) is 5.97 Å². The first-order valence-electron chi connectivity index (χ1n) is 5.95. The molecular formula is C14H21NO2. The van der Waals surface area contributed by atoms with Crippen LogP contribution < -0.4 is 4.90 Å². The van der Waals surface area contributed by atoms with Gasteiger partial charge in [-0.15, -0.1) is 0 Å². The van der Waals surface area contributed by atoms with E-state index in [1.807, 2.05) is 37.2 Å². The number of ether oxygens (including phenoxy) is 1. The first kappa shape index (κ1) is 13.6. The zero-order chi connectivity index (χ0) is 12.8. The molecule has 1 rings (SSSR count). The normalized spacial score (nSPS) is 10.4. The SMILES string of the molecule is CC(C)CCOC(=O)c1cccc(N(C)C)c1. The Hall–Kier alpha value is -1.51. The van der Waals surface area contributed by atoms with Crippen molar-refractivity contribution >= 4 is 11.7 Å². The maximum absolute atomic E-state index is 11.8. The van der Waals surface area contributed by atoms with Gasteiger partial charge in [-0.05, 0) is 30.5 Å². The van der Waals surface area contributed by atoms with E-state index < -0.39 is 0 Å².